The summed E-state index contributed by atoms with van der Waals surface area (Å²) >= 11 is 1.31. The van der Waals surface area contributed by atoms with Crippen LogP contribution in [-0.4, -0.2) is 43.9 Å². The molecule has 0 saturated heterocycles. The van der Waals surface area contributed by atoms with Gasteiger partial charge in [-0.05, 0) is 28.3 Å². The average Bonchev–Trinajstić information content (AvgIpc) is 3.05. The van der Waals surface area contributed by atoms with E-state index in [1.807, 2.05) is 6.92 Å². The molecule has 2 rings (SSSR count). The summed E-state index contributed by atoms with van der Waals surface area (Å²) in [5.41, 5.74) is 0.637. The van der Waals surface area contributed by atoms with Gasteiger partial charge in [-0.2, -0.15) is 4.68 Å². The van der Waals surface area contributed by atoms with E-state index in [9.17, 15) is 9.90 Å². The number of carbonyl (C=O) groups is 1. The molecule has 1 unspecified atom stereocenters. The van der Waals surface area contributed by atoms with Gasteiger partial charge in [0.25, 0.3) is 5.91 Å². The van der Waals surface area contributed by atoms with Crippen molar-refractivity contribution in [1.82, 2.24) is 25.5 Å². The van der Waals surface area contributed by atoms with Crippen molar-refractivity contribution in [3.05, 3.63) is 22.7 Å². The molecule has 8 heteroatoms. The fourth-order valence-electron chi connectivity index (χ4n) is 1.65. The molecule has 0 bridgehead atoms. The molecule has 0 spiro atoms. The Morgan fingerprint density at radius 1 is 1.63 bits per heavy atom. The predicted octanol–water partition coefficient (Wildman–Crippen LogP) is 0.615. The highest BCUT2D eigenvalue weighted by Crippen LogP contribution is 2.19. The Balaban J connectivity index is 2.02. The summed E-state index contributed by atoms with van der Waals surface area (Å²) in [5.74, 6) is -0.226. The number of amides is 1. The van der Waals surface area contributed by atoms with E-state index >= 15 is 0 Å². The van der Waals surface area contributed by atoms with Gasteiger partial charge in [0.15, 0.2) is 0 Å². The molecular formula is C11H15N5O2S. The van der Waals surface area contributed by atoms with Crippen LogP contribution >= 0.6 is 11.3 Å². The highest BCUT2D eigenvalue weighted by molar-refractivity contribution is 7.12. The third-order valence-corrected chi connectivity index (χ3v) is 3.47. The Kier molecular flexibility index (Phi) is 4.58. The molecule has 0 saturated carbocycles. The van der Waals surface area contributed by atoms with Gasteiger partial charge < -0.3 is 10.4 Å². The van der Waals surface area contributed by atoms with E-state index in [1.165, 1.54) is 22.3 Å². The molecule has 2 aromatic rings. The number of hydrogen-bond donors (Lipinski definition) is 2. The maximum atomic E-state index is 12.0. The second kappa shape index (κ2) is 6.39. The van der Waals surface area contributed by atoms with Gasteiger partial charge in [0.1, 0.15) is 11.2 Å². The number of thiophene rings is 1. The molecule has 19 heavy (non-hydrogen) atoms. The summed E-state index contributed by atoms with van der Waals surface area (Å²) in [6, 6.07) is 1.78. The van der Waals surface area contributed by atoms with Crippen LogP contribution in [-0.2, 0) is 0 Å². The Hall–Kier alpha value is -1.80. The lowest BCUT2D eigenvalue weighted by atomic mass is 10.2. The zero-order valence-corrected chi connectivity index (χ0v) is 11.3. The predicted molar refractivity (Wildman–Crippen MR) is 70.3 cm³/mol. The van der Waals surface area contributed by atoms with E-state index in [0.717, 1.165) is 6.42 Å². The van der Waals surface area contributed by atoms with Gasteiger partial charge in [-0.15, -0.1) is 16.4 Å². The molecule has 1 amide bonds. The van der Waals surface area contributed by atoms with Crippen LogP contribution in [0.15, 0.2) is 17.8 Å². The molecule has 1 atom stereocenters. The Morgan fingerprint density at radius 3 is 3.16 bits per heavy atom. The van der Waals surface area contributed by atoms with E-state index in [2.05, 4.69) is 20.8 Å². The lowest BCUT2D eigenvalue weighted by Crippen LogP contribution is -2.32. The van der Waals surface area contributed by atoms with Crippen LogP contribution in [0.5, 0.6) is 0 Å². The molecule has 2 N–H and O–H groups in total. The summed E-state index contributed by atoms with van der Waals surface area (Å²) in [7, 11) is 0. The first-order valence-corrected chi connectivity index (χ1v) is 6.87. The minimum Gasteiger partial charge on any atom is -0.391 e. The minimum absolute atomic E-state index is 0.226. The minimum atomic E-state index is -0.509. The number of aliphatic hydroxyl groups excluding tert-OH is 1. The van der Waals surface area contributed by atoms with Gasteiger partial charge in [-0.3, -0.25) is 4.79 Å². The summed E-state index contributed by atoms with van der Waals surface area (Å²) in [5, 5.41) is 25.0. The van der Waals surface area contributed by atoms with Gasteiger partial charge in [0, 0.05) is 6.54 Å². The smallest absolute Gasteiger partial charge is 0.263 e. The van der Waals surface area contributed by atoms with Crippen LogP contribution < -0.4 is 5.32 Å². The molecule has 0 aliphatic heterocycles. The van der Waals surface area contributed by atoms with E-state index in [4.69, 9.17) is 0 Å². The zero-order valence-electron chi connectivity index (χ0n) is 10.5. The van der Waals surface area contributed by atoms with Crippen molar-refractivity contribution < 1.29 is 9.90 Å². The van der Waals surface area contributed by atoms with E-state index in [-0.39, 0.29) is 12.5 Å². The van der Waals surface area contributed by atoms with E-state index in [1.54, 1.807) is 11.4 Å². The van der Waals surface area contributed by atoms with Crippen molar-refractivity contribution >= 4 is 17.2 Å². The quantitative estimate of drug-likeness (QED) is 0.809. The molecular weight excluding hydrogens is 266 g/mol. The molecule has 7 nitrogen and oxygen atoms in total. The third kappa shape index (κ3) is 3.36. The van der Waals surface area contributed by atoms with Crippen molar-refractivity contribution in [3.8, 4) is 5.69 Å². The van der Waals surface area contributed by atoms with Gasteiger partial charge in [-0.1, -0.05) is 13.3 Å². The van der Waals surface area contributed by atoms with Crippen molar-refractivity contribution in [2.24, 2.45) is 0 Å². The Morgan fingerprint density at radius 2 is 2.47 bits per heavy atom. The highest BCUT2D eigenvalue weighted by atomic mass is 32.1. The second-order valence-corrected chi connectivity index (χ2v) is 4.96. The first-order chi connectivity index (χ1) is 9.22. The Labute approximate surface area is 114 Å². The number of rotatable bonds is 6. The average molecular weight is 281 g/mol. The molecule has 0 aliphatic rings. The first-order valence-electron chi connectivity index (χ1n) is 5.99. The normalized spacial score (nSPS) is 12.3. The number of aliphatic hydroxyl groups is 1. The van der Waals surface area contributed by atoms with Crippen molar-refractivity contribution in [1.29, 1.82) is 0 Å². The molecule has 0 aliphatic carbocycles. The largest absolute Gasteiger partial charge is 0.391 e. The summed E-state index contributed by atoms with van der Waals surface area (Å²) in [6.45, 7) is 2.24. The monoisotopic (exact) mass is 281 g/mol. The van der Waals surface area contributed by atoms with Crippen LogP contribution in [0.3, 0.4) is 0 Å². The fourth-order valence-corrected chi connectivity index (χ4v) is 2.45. The van der Waals surface area contributed by atoms with Crippen molar-refractivity contribution in [2.75, 3.05) is 6.54 Å². The molecule has 2 aromatic heterocycles. The summed E-state index contributed by atoms with van der Waals surface area (Å²) in [4.78, 5) is 12.6. The van der Waals surface area contributed by atoms with Gasteiger partial charge >= 0.3 is 0 Å². The third-order valence-electron chi connectivity index (χ3n) is 2.57. The van der Waals surface area contributed by atoms with Crippen molar-refractivity contribution in [2.45, 2.75) is 25.9 Å². The maximum Gasteiger partial charge on any atom is 0.263 e. The molecule has 0 aromatic carbocycles. The second-order valence-electron chi connectivity index (χ2n) is 4.04. The van der Waals surface area contributed by atoms with E-state index in [0.29, 0.717) is 17.0 Å². The van der Waals surface area contributed by atoms with Gasteiger partial charge in [-0.25, -0.2) is 0 Å². The maximum absolute atomic E-state index is 12.0. The standard InChI is InChI=1S/C11H15N5O2S/c1-2-3-8(17)6-12-11(18)10-9(4-5-19-10)16-7-13-14-15-16/h4-5,7-8,17H,2-3,6H2,1H3,(H,12,18). The van der Waals surface area contributed by atoms with Crippen LogP contribution in [0, 0.1) is 0 Å². The lowest BCUT2D eigenvalue weighted by Gasteiger charge is -2.10. The van der Waals surface area contributed by atoms with Crippen molar-refractivity contribution in [3.63, 3.8) is 0 Å². The molecule has 0 fully saturated rings. The summed E-state index contributed by atoms with van der Waals surface area (Å²) < 4.78 is 1.44. The van der Waals surface area contributed by atoms with E-state index < -0.39 is 6.10 Å². The first kappa shape index (κ1) is 13.6. The molecule has 0 radical (unpaired) electrons. The topological polar surface area (TPSA) is 92.9 Å². The number of nitrogens with one attached hydrogen (secondary N) is 1. The van der Waals surface area contributed by atoms with Crippen LogP contribution in [0.2, 0.25) is 0 Å². The van der Waals surface area contributed by atoms with Crippen LogP contribution in [0.1, 0.15) is 29.4 Å². The number of aromatic nitrogens is 4. The zero-order chi connectivity index (χ0) is 13.7. The van der Waals surface area contributed by atoms with Crippen LogP contribution in [0.25, 0.3) is 5.69 Å². The highest BCUT2D eigenvalue weighted by Gasteiger charge is 2.16. The van der Waals surface area contributed by atoms with Gasteiger partial charge in [0.2, 0.25) is 0 Å². The van der Waals surface area contributed by atoms with Crippen LogP contribution in [0.4, 0.5) is 0 Å². The SMILES string of the molecule is CCCC(O)CNC(=O)c1sccc1-n1cnnn1. The number of carbonyl (C=O) groups excluding carboxylic acids is 1. The molecule has 2 heterocycles. The number of nitrogens with zero attached hydrogens (tertiary/aromatic N) is 4. The van der Waals surface area contributed by atoms with Gasteiger partial charge in [0.05, 0.1) is 11.8 Å². The Bertz CT molecular complexity index is 525. The molecule has 102 valence electrons. The lowest BCUT2D eigenvalue weighted by molar-refractivity contribution is 0.0914. The fraction of sp³-hybridized carbons (Fsp3) is 0.455. The number of hydrogen-bond acceptors (Lipinski definition) is 6. The summed E-state index contributed by atoms with van der Waals surface area (Å²) in [6.07, 6.45) is 2.48. The number of tetrazole rings is 1.